The van der Waals surface area contributed by atoms with Gasteiger partial charge in [0.2, 0.25) is 0 Å². The smallest absolute Gasteiger partial charge is 0.191 e. The Hall–Kier alpha value is -2.30. The molecule has 2 unspecified atom stereocenters. The van der Waals surface area contributed by atoms with Gasteiger partial charge in [0.15, 0.2) is 5.96 Å². The maximum Gasteiger partial charge on any atom is 0.191 e. The summed E-state index contributed by atoms with van der Waals surface area (Å²) >= 11 is 0. The second-order valence-electron chi connectivity index (χ2n) is 6.10. The molecule has 1 aliphatic rings. The van der Waals surface area contributed by atoms with Crippen molar-refractivity contribution in [3.05, 3.63) is 48.3 Å². The Labute approximate surface area is 137 Å². The molecule has 2 atom stereocenters. The molecule has 1 heterocycles. The zero-order valence-corrected chi connectivity index (χ0v) is 13.9. The van der Waals surface area contributed by atoms with Crippen LogP contribution in [0.1, 0.15) is 25.8 Å². The Morgan fingerprint density at radius 2 is 2.13 bits per heavy atom. The van der Waals surface area contributed by atoms with Crippen molar-refractivity contribution in [2.24, 2.45) is 10.9 Å². The van der Waals surface area contributed by atoms with Crippen LogP contribution in [0.25, 0.3) is 5.69 Å². The summed E-state index contributed by atoms with van der Waals surface area (Å²) in [5.41, 5.74) is 2.29. The third-order valence-corrected chi connectivity index (χ3v) is 4.10. The van der Waals surface area contributed by atoms with Gasteiger partial charge in [-0.05, 0) is 43.4 Å². The minimum absolute atomic E-state index is 0.591. The van der Waals surface area contributed by atoms with Crippen molar-refractivity contribution in [1.82, 2.24) is 20.4 Å². The SMILES string of the molecule is CCNC(=NCCc1cnn(-c2ccccc2)c1)NC1CC1C. The van der Waals surface area contributed by atoms with Gasteiger partial charge in [-0.15, -0.1) is 0 Å². The quantitative estimate of drug-likeness (QED) is 0.636. The monoisotopic (exact) mass is 311 g/mol. The van der Waals surface area contributed by atoms with Gasteiger partial charge in [0.25, 0.3) is 0 Å². The summed E-state index contributed by atoms with van der Waals surface area (Å²) in [5, 5.41) is 11.2. The summed E-state index contributed by atoms with van der Waals surface area (Å²) in [6, 6.07) is 10.8. The van der Waals surface area contributed by atoms with E-state index >= 15 is 0 Å². The van der Waals surface area contributed by atoms with Gasteiger partial charge in [-0.2, -0.15) is 5.10 Å². The van der Waals surface area contributed by atoms with Crippen molar-refractivity contribution in [3.8, 4) is 5.69 Å². The van der Waals surface area contributed by atoms with Crippen LogP contribution in [-0.2, 0) is 6.42 Å². The second kappa shape index (κ2) is 7.31. The molecule has 1 saturated carbocycles. The summed E-state index contributed by atoms with van der Waals surface area (Å²) in [4.78, 5) is 4.66. The Kier molecular flexibility index (Phi) is 4.95. The largest absolute Gasteiger partial charge is 0.357 e. The number of guanidine groups is 1. The minimum atomic E-state index is 0.591. The lowest BCUT2D eigenvalue weighted by atomic mass is 10.2. The number of hydrogen-bond donors (Lipinski definition) is 2. The Morgan fingerprint density at radius 1 is 1.35 bits per heavy atom. The number of hydrogen-bond acceptors (Lipinski definition) is 2. The van der Waals surface area contributed by atoms with Crippen molar-refractivity contribution >= 4 is 5.96 Å². The predicted molar refractivity (Wildman–Crippen MR) is 94.0 cm³/mol. The Bertz CT molecular complexity index is 646. The average Bonchev–Trinajstić information content (AvgIpc) is 3.07. The zero-order valence-electron chi connectivity index (χ0n) is 13.9. The lowest BCUT2D eigenvalue weighted by Crippen LogP contribution is -2.39. The number of aliphatic imine (C=N–C) groups is 1. The van der Waals surface area contributed by atoms with Crippen LogP contribution >= 0.6 is 0 Å². The number of nitrogens with one attached hydrogen (secondary N) is 2. The van der Waals surface area contributed by atoms with Crippen LogP contribution in [0.4, 0.5) is 0 Å². The first-order chi connectivity index (χ1) is 11.3. The highest BCUT2D eigenvalue weighted by molar-refractivity contribution is 5.80. The van der Waals surface area contributed by atoms with Crippen LogP contribution in [0.5, 0.6) is 0 Å². The normalized spacial score (nSPS) is 20.3. The first-order valence-corrected chi connectivity index (χ1v) is 8.40. The van der Waals surface area contributed by atoms with Crippen LogP contribution in [0.15, 0.2) is 47.7 Å². The van der Waals surface area contributed by atoms with E-state index in [2.05, 4.69) is 52.9 Å². The molecule has 0 amide bonds. The molecule has 1 aromatic heterocycles. The van der Waals surface area contributed by atoms with Gasteiger partial charge in [-0.3, -0.25) is 4.99 Å². The first kappa shape index (κ1) is 15.6. The van der Waals surface area contributed by atoms with E-state index in [9.17, 15) is 0 Å². The van der Waals surface area contributed by atoms with Gasteiger partial charge in [0.05, 0.1) is 11.9 Å². The van der Waals surface area contributed by atoms with Gasteiger partial charge in [-0.1, -0.05) is 25.1 Å². The predicted octanol–water partition coefficient (Wildman–Crippen LogP) is 2.38. The first-order valence-electron chi connectivity index (χ1n) is 8.40. The fraction of sp³-hybridized carbons (Fsp3) is 0.444. The molecule has 2 aromatic rings. The lowest BCUT2D eigenvalue weighted by Gasteiger charge is -2.10. The summed E-state index contributed by atoms with van der Waals surface area (Å²) in [7, 11) is 0. The fourth-order valence-corrected chi connectivity index (χ4v) is 2.53. The van der Waals surface area contributed by atoms with Gasteiger partial charge >= 0.3 is 0 Å². The summed E-state index contributed by atoms with van der Waals surface area (Å²) < 4.78 is 1.91. The molecule has 2 N–H and O–H groups in total. The summed E-state index contributed by atoms with van der Waals surface area (Å²) in [6.07, 6.45) is 6.14. The molecule has 122 valence electrons. The molecule has 0 radical (unpaired) electrons. The molecular weight excluding hydrogens is 286 g/mol. The van der Waals surface area contributed by atoms with E-state index in [-0.39, 0.29) is 0 Å². The highest BCUT2D eigenvalue weighted by Gasteiger charge is 2.33. The van der Waals surface area contributed by atoms with E-state index in [0.717, 1.165) is 37.1 Å². The van der Waals surface area contributed by atoms with Crippen LogP contribution in [0.2, 0.25) is 0 Å². The molecule has 1 fully saturated rings. The van der Waals surface area contributed by atoms with Crippen molar-refractivity contribution in [3.63, 3.8) is 0 Å². The van der Waals surface area contributed by atoms with E-state index in [4.69, 9.17) is 0 Å². The standard InChI is InChI=1S/C18H25N5/c1-3-19-18(22-17-11-14(17)2)20-10-9-15-12-21-23(13-15)16-7-5-4-6-8-16/h4-8,12-14,17H,3,9-11H2,1-2H3,(H2,19,20,22). The van der Waals surface area contributed by atoms with E-state index < -0.39 is 0 Å². The lowest BCUT2D eigenvalue weighted by molar-refractivity contribution is 0.765. The Balaban J connectivity index is 1.55. The molecular formula is C18H25N5. The van der Waals surface area contributed by atoms with Crippen molar-refractivity contribution in [2.75, 3.05) is 13.1 Å². The minimum Gasteiger partial charge on any atom is -0.357 e. The van der Waals surface area contributed by atoms with E-state index in [0.29, 0.717) is 6.04 Å². The maximum absolute atomic E-state index is 4.66. The second-order valence-corrected chi connectivity index (χ2v) is 6.10. The number of rotatable bonds is 6. The molecule has 0 spiro atoms. The van der Waals surface area contributed by atoms with Crippen molar-refractivity contribution < 1.29 is 0 Å². The highest BCUT2D eigenvalue weighted by atomic mass is 15.3. The fourth-order valence-electron chi connectivity index (χ4n) is 2.53. The van der Waals surface area contributed by atoms with Gasteiger partial charge in [0, 0.05) is 25.3 Å². The van der Waals surface area contributed by atoms with Crippen LogP contribution in [-0.4, -0.2) is 34.9 Å². The molecule has 1 aliphatic carbocycles. The third-order valence-electron chi connectivity index (χ3n) is 4.10. The molecule has 0 aliphatic heterocycles. The molecule has 23 heavy (non-hydrogen) atoms. The van der Waals surface area contributed by atoms with E-state index in [1.54, 1.807) is 0 Å². The number of nitrogens with zero attached hydrogens (tertiary/aromatic N) is 3. The van der Waals surface area contributed by atoms with Gasteiger partial charge in [-0.25, -0.2) is 4.68 Å². The van der Waals surface area contributed by atoms with Crippen molar-refractivity contribution in [1.29, 1.82) is 0 Å². The van der Waals surface area contributed by atoms with Gasteiger partial charge < -0.3 is 10.6 Å². The number of benzene rings is 1. The highest BCUT2D eigenvalue weighted by Crippen LogP contribution is 2.28. The Morgan fingerprint density at radius 3 is 2.83 bits per heavy atom. The summed E-state index contributed by atoms with van der Waals surface area (Å²) in [5.74, 6) is 1.69. The van der Waals surface area contributed by atoms with Crippen LogP contribution in [0.3, 0.4) is 0 Å². The van der Waals surface area contributed by atoms with Gasteiger partial charge in [0.1, 0.15) is 0 Å². The molecule has 0 bridgehead atoms. The molecule has 0 saturated heterocycles. The maximum atomic E-state index is 4.66. The topological polar surface area (TPSA) is 54.2 Å². The van der Waals surface area contributed by atoms with Crippen molar-refractivity contribution in [2.45, 2.75) is 32.7 Å². The zero-order chi connectivity index (χ0) is 16.1. The number of aromatic nitrogens is 2. The molecule has 3 rings (SSSR count). The average molecular weight is 311 g/mol. The molecule has 1 aromatic carbocycles. The molecule has 5 heteroatoms. The van der Waals surface area contributed by atoms with Crippen LogP contribution in [0, 0.1) is 5.92 Å². The van der Waals surface area contributed by atoms with E-state index in [1.165, 1.54) is 12.0 Å². The number of para-hydroxylation sites is 1. The summed E-state index contributed by atoms with van der Waals surface area (Å²) in [6.45, 7) is 6.01. The molecule has 5 nitrogen and oxygen atoms in total. The van der Waals surface area contributed by atoms with E-state index in [1.807, 2.05) is 29.1 Å². The third kappa shape index (κ3) is 4.34. The van der Waals surface area contributed by atoms with Crippen LogP contribution < -0.4 is 10.6 Å².